The summed E-state index contributed by atoms with van der Waals surface area (Å²) in [6.07, 6.45) is 0.814. The molecule has 7 heteroatoms. The minimum Gasteiger partial charge on any atom is -0.334 e. The van der Waals surface area contributed by atoms with Crippen molar-refractivity contribution in [1.29, 1.82) is 0 Å². The molecule has 0 spiro atoms. The van der Waals surface area contributed by atoms with E-state index in [1.54, 1.807) is 41.3 Å². The van der Waals surface area contributed by atoms with Crippen LogP contribution in [0.25, 0.3) is 0 Å². The first-order chi connectivity index (χ1) is 13.5. The van der Waals surface area contributed by atoms with Crippen molar-refractivity contribution in [2.75, 3.05) is 6.54 Å². The Morgan fingerprint density at radius 2 is 2.04 bits per heavy atom. The third-order valence-corrected chi connectivity index (χ3v) is 5.10. The van der Waals surface area contributed by atoms with Crippen LogP contribution < -0.4 is 5.56 Å². The SMILES string of the molecule is O=C(c1ccccc1Cl)N1CCc2nc(Cc3cccc(F)c3)[nH]c(=O)c2C1. The van der Waals surface area contributed by atoms with E-state index in [0.29, 0.717) is 47.1 Å². The molecule has 28 heavy (non-hydrogen) atoms. The lowest BCUT2D eigenvalue weighted by Gasteiger charge is -2.28. The largest absolute Gasteiger partial charge is 0.334 e. The van der Waals surface area contributed by atoms with Gasteiger partial charge in [0.1, 0.15) is 11.6 Å². The summed E-state index contributed by atoms with van der Waals surface area (Å²) in [5, 5.41) is 0.385. The lowest BCUT2D eigenvalue weighted by molar-refractivity contribution is 0.0732. The van der Waals surface area contributed by atoms with Gasteiger partial charge in [0.05, 0.1) is 28.4 Å². The molecule has 142 valence electrons. The van der Waals surface area contributed by atoms with E-state index in [4.69, 9.17) is 11.6 Å². The zero-order chi connectivity index (χ0) is 19.7. The molecule has 1 aromatic heterocycles. The molecule has 5 nitrogen and oxygen atoms in total. The monoisotopic (exact) mass is 397 g/mol. The van der Waals surface area contributed by atoms with Gasteiger partial charge < -0.3 is 9.88 Å². The van der Waals surface area contributed by atoms with Crippen molar-refractivity contribution in [3.05, 3.63) is 97.9 Å². The van der Waals surface area contributed by atoms with Gasteiger partial charge in [-0.05, 0) is 29.8 Å². The van der Waals surface area contributed by atoms with Gasteiger partial charge in [-0.15, -0.1) is 0 Å². The van der Waals surface area contributed by atoms with Crippen LogP contribution in [0.3, 0.4) is 0 Å². The van der Waals surface area contributed by atoms with Gasteiger partial charge in [-0.1, -0.05) is 35.9 Å². The van der Waals surface area contributed by atoms with Crippen molar-refractivity contribution in [2.45, 2.75) is 19.4 Å². The highest BCUT2D eigenvalue weighted by Crippen LogP contribution is 2.21. The van der Waals surface area contributed by atoms with Crippen LogP contribution in [0.1, 0.15) is 33.0 Å². The second-order valence-electron chi connectivity index (χ2n) is 6.70. The first kappa shape index (κ1) is 18.4. The summed E-state index contributed by atoms with van der Waals surface area (Å²) < 4.78 is 13.4. The lowest BCUT2D eigenvalue weighted by Crippen LogP contribution is -2.40. The molecule has 1 amide bonds. The van der Waals surface area contributed by atoms with Gasteiger partial charge in [-0.25, -0.2) is 9.37 Å². The highest BCUT2D eigenvalue weighted by atomic mass is 35.5. The number of hydrogen-bond acceptors (Lipinski definition) is 3. The number of benzene rings is 2. The smallest absolute Gasteiger partial charge is 0.256 e. The van der Waals surface area contributed by atoms with Crippen LogP contribution in [-0.4, -0.2) is 27.3 Å². The Morgan fingerprint density at radius 1 is 1.21 bits per heavy atom. The number of hydrogen-bond donors (Lipinski definition) is 1. The van der Waals surface area contributed by atoms with E-state index in [1.165, 1.54) is 12.1 Å². The van der Waals surface area contributed by atoms with E-state index in [1.807, 2.05) is 0 Å². The van der Waals surface area contributed by atoms with Crippen LogP contribution in [0.4, 0.5) is 4.39 Å². The van der Waals surface area contributed by atoms with Crippen molar-refractivity contribution in [2.24, 2.45) is 0 Å². The summed E-state index contributed by atoms with van der Waals surface area (Å²) in [4.78, 5) is 34.2. The first-order valence-corrected chi connectivity index (χ1v) is 9.28. The van der Waals surface area contributed by atoms with E-state index < -0.39 is 0 Å². The number of H-pyrrole nitrogens is 1. The number of aromatic amines is 1. The summed E-state index contributed by atoms with van der Waals surface area (Å²) in [7, 11) is 0. The molecule has 3 aromatic rings. The van der Waals surface area contributed by atoms with Gasteiger partial charge in [0.2, 0.25) is 0 Å². The third-order valence-electron chi connectivity index (χ3n) is 4.77. The Balaban J connectivity index is 1.57. The molecule has 0 radical (unpaired) electrons. The van der Waals surface area contributed by atoms with Crippen LogP contribution in [0.5, 0.6) is 0 Å². The summed E-state index contributed by atoms with van der Waals surface area (Å²) in [6, 6.07) is 13.1. The lowest BCUT2D eigenvalue weighted by atomic mass is 10.0. The van der Waals surface area contributed by atoms with Gasteiger partial charge in [0.15, 0.2) is 0 Å². The van der Waals surface area contributed by atoms with Crippen molar-refractivity contribution < 1.29 is 9.18 Å². The molecule has 1 aliphatic heterocycles. The Labute approximate surface area is 165 Å². The number of amides is 1. The standard InChI is InChI=1S/C21H17ClFN3O2/c22-17-7-2-1-6-15(17)21(28)26-9-8-18-16(12-26)20(27)25-19(24-18)11-13-4-3-5-14(23)10-13/h1-7,10H,8-9,11-12H2,(H,24,25,27). The molecule has 0 fully saturated rings. The van der Waals surface area contributed by atoms with Gasteiger partial charge in [0, 0.05) is 19.4 Å². The number of carbonyl (C=O) groups is 1. The average Bonchev–Trinajstić information content (AvgIpc) is 2.68. The van der Waals surface area contributed by atoms with Crippen LogP contribution in [-0.2, 0) is 19.4 Å². The molecule has 1 aliphatic rings. The Kier molecular flexibility index (Phi) is 4.96. The van der Waals surface area contributed by atoms with Crippen molar-refractivity contribution in [3.63, 3.8) is 0 Å². The van der Waals surface area contributed by atoms with Crippen LogP contribution in [0, 0.1) is 5.82 Å². The van der Waals surface area contributed by atoms with Crippen molar-refractivity contribution in [1.82, 2.24) is 14.9 Å². The van der Waals surface area contributed by atoms with Gasteiger partial charge in [0.25, 0.3) is 11.5 Å². The number of aromatic nitrogens is 2. The summed E-state index contributed by atoms with van der Waals surface area (Å²) in [5.41, 5.74) is 2.04. The molecule has 4 rings (SSSR count). The maximum Gasteiger partial charge on any atom is 0.256 e. The summed E-state index contributed by atoms with van der Waals surface area (Å²) in [5.74, 6) is -0.0498. The molecule has 0 bridgehead atoms. The number of halogens is 2. The molecular weight excluding hydrogens is 381 g/mol. The van der Waals surface area contributed by atoms with Crippen LogP contribution in [0.15, 0.2) is 53.3 Å². The predicted molar refractivity (Wildman–Crippen MR) is 104 cm³/mol. The Bertz CT molecular complexity index is 1110. The summed E-state index contributed by atoms with van der Waals surface area (Å²) in [6.45, 7) is 0.634. The van der Waals surface area contributed by atoms with E-state index >= 15 is 0 Å². The molecule has 0 saturated carbocycles. The van der Waals surface area contributed by atoms with Crippen molar-refractivity contribution in [3.8, 4) is 0 Å². The Morgan fingerprint density at radius 3 is 2.82 bits per heavy atom. The molecule has 2 heterocycles. The zero-order valence-electron chi connectivity index (χ0n) is 14.9. The molecule has 0 aliphatic carbocycles. The van der Waals surface area contributed by atoms with E-state index in [0.717, 1.165) is 5.56 Å². The molecule has 0 atom stereocenters. The maximum absolute atomic E-state index is 13.4. The first-order valence-electron chi connectivity index (χ1n) is 8.90. The third kappa shape index (κ3) is 3.68. The van der Waals surface area contributed by atoms with Crippen LogP contribution >= 0.6 is 11.6 Å². The normalized spacial score (nSPS) is 13.3. The highest BCUT2D eigenvalue weighted by Gasteiger charge is 2.26. The highest BCUT2D eigenvalue weighted by molar-refractivity contribution is 6.33. The Hall–Kier alpha value is -2.99. The second-order valence-corrected chi connectivity index (χ2v) is 7.11. The zero-order valence-corrected chi connectivity index (χ0v) is 15.7. The fourth-order valence-corrected chi connectivity index (χ4v) is 3.60. The topological polar surface area (TPSA) is 66.1 Å². The number of rotatable bonds is 3. The average molecular weight is 398 g/mol. The minimum absolute atomic E-state index is 0.183. The predicted octanol–water partition coefficient (Wildman–Crippen LogP) is 3.35. The maximum atomic E-state index is 13.4. The molecule has 2 aromatic carbocycles. The van der Waals surface area contributed by atoms with Gasteiger partial charge in [-0.2, -0.15) is 0 Å². The number of nitrogens with one attached hydrogen (secondary N) is 1. The van der Waals surface area contributed by atoms with Crippen LogP contribution in [0.2, 0.25) is 5.02 Å². The number of fused-ring (bicyclic) bond motifs is 1. The minimum atomic E-state index is -0.327. The van der Waals surface area contributed by atoms with Gasteiger partial charge >= 0.3 is 0 Å². The molecule has 1 N–H and O–H groups in total. The molecule has 0 unspecified atom stereocenters. The fraction of sp³-hybridized carbons (Fsp3) is 0.190. The van der Waals surface area contributed by atoms with E-state index in [2.05, 4.69) is 9.97 Å². The summed E-state index contributed by atoms with van der Waals surface area (Å²) >= 11 is 6.12. The van der Waals surface area contributed by atoms with Crippen molar-refractivity contribution >= 4 is 17.5 Å². The second kappa shape index (κ2) is 7.56. The number of carbonyl (C=O) groups excluding carboxylic acids is 1. The molecule has 0 saturated heterocycles. The fourth-order valence-electron chi connectivity index (χ4n) is 3.38. The van der Waals surface area contributed by atoms with Gasteiger partial charge in [-0.3, -0.25) is 9.59 Å². The van der Waals surface area contributed by atoms with E-state index in [-0.39, 0.29) is 23.8 Å². The number of nitrogens with zero attached hydrogens (tertiary/aromatic N) is 2. The van der Waals surface area contributed by atoms with E-state index in [9.17, 15) is 14.0 Å². The molecular formula is C21H17ClFN3O2. The quantitative estimate of drug-likeness (QED) is 0.737.